The van der Waals surface area contributed by atoms with Gasteiger partial charge in [-0.2, -0.15) is 0 Å². The molecule has 0 amide bonds. The Morgan fingerprint density at radius 2 is 1.40 bits per heavy atom. The molecule has 2 N–H and O–H groups in total. The predicted octanol–water partition coefficient (Wildman–Crippen LogP) is 2.88. The van der Waals surface area contributed by atoms with Crippen LogP contribution in [-0.2, 0) is 4.79 Å². The summed E-state index contributed by atoms with van der Waals surface area (Å²) in [6.07, 6.45) is 0. The number of carbonyl (C=O) groups is 1. The van der Waals surface area contributed by atoms with Gasteiger partial charge >= 0.3 is 5.97 Å². The van der Waals surface area contributed by atoms with Crippen molar-refractivity contribution in [3.8, 4) is 0 Å². The first-order valence-corrected chi connectivity index (χ1v) is 6.62. The smallest absolute Gasteiger partial charge is 0.324 e. The molecule has 0 saturated heterocycles. The van der Waals surface area contributed by atoms with Gasteiger partial charge in [0, 0.05) is 5.92 Å². The minimum absolute atomic E-state index is 0.257. The average molecular weight is 269 g/mol. The van der Waals surface area contributed by atoms with E-state index < -0.39 is 11.5 Å². The molecule has 1 atom stereocenters. The Labute approximate surface area is 119 Å². The van der Waals surface area contributed by atoms with Crippen LogP contribution in [0.2, 0.25) is 0 Å². The Kier molecular flexibility index (Phi) is 4.20. The Morgan fingerprint density at radius 1 is 1.00 bits per heavy atom. The molecule has 3 nitrogen and oxygen atoms in total. The van der Waals surface area contributed by atoms with Crippen LogP contribution in [-0.4, -0.2) is 23.7 Å². The maximum absolute atomic E-state index is 11.8. The Balaban J connectivity index is 2.59. The van der Waals surface area contributed by atoms with Gasteiger partial charge in [0.1, 0.15) is 5.54 Å². The van der Waals surface area contributed by atoms with E-state index in [1.807, 2.05) is 60.7 Å². The fourth-order valence-corrected chi connectivity index (χ4v) is 2.52. The summed E-state index contributed by atoms with van der Waals surface area (Å²) in [6, 6.07) is 19.5. The van der Waals surface area contributed by atoms with Gasteiger partial charge in [-0.3, -0.25) is 4.79 Å². The molecule has 104 valence electrons. The lowest BCUT2D eigenvalue weighted by Crippen LogP contribution is -2.52. The zero-order valence-corrected chi connectivity index (χ0v) is 11.7. The zero-order valence-electron chi connectivity index (χ0n) is 11.7. The van der Waals surface area contributed by atoms with Crippen molar-refractivity contribution in [2.45, 2.75) is 18.4 Å². The molecule has 2 aromatic rings. The molecule has 0 aliphatic rings. The summed E-state index contributed by atoms with van der Waals surface area (Å²) < 4.78 is 0. The summed E-state index contributed by atoms with van der Waals surface area (Å²) in [6.45, 7) is 1.72. The first kappa shape index (κ1) is 14.3. The van der Waals surface area contributed by atoms with Crippen molar-refractivity contribution in [3.05, 3.63) is 71.8 Å². The van der Waals surface area contributed by atoms with E-state index in [1.165, 1.54) is 0 Å². The van der Waals surface area contributed by atoms with Gasteiger partial charge in [0.05, 0.1) is 0 Å². The second-order valence-electron chi connectivity index (χ2n) is 5.01. The number of likely N-dealkylation sites (N-methyl/N-ethyl adjacent to an activating group) is 1. The monoisotopic (exact) mass is 269 g/mol. The maximum Gasteiger partial charge on any atom is 0.324 e. The number of rotatable bonds is 5. The number of hydrogen-bond acceptors (Lipinski definition) is 2. The van der Waals surface area contributed by atoms with E-state index in [-0.39, 0.29) is 5.92 Å². The minimum atomic E-state index is -1.07. The van der Waals surface area contributed by atoms with Crippen LogP contribution >= 0.6 is 0 Å². The molecular weight excluding hydrogens is 250 g/mol. The van der Waals surface area contributed by atoms with Crippen LogP contribution in [0.4, 0.5) is 0 Å². The van der Waals surface area contributed by atoms with Crippen molar-refractivity contribution in [2.75, 3.05) is 7.05 Å². The summed E-state index contributed by atoms with van der Waals surface area (Å²) >= 11 is 0. The largest absolute Gasteiger partial charge is 0.480 e. The van der Waals surface area contributed by atoms with Crippen LogP contribution in [0.3, 0.4) is 0 Å². The van der Waals surface area contributed by atoms with Gasteiger partial charge in [-0.1, -0.05) is 60.7 Å². The van der Waals surface area contributed by atoms with E-state index in [0.717, 1.165) is 11.1 Å². The second kappa shape index (κ2) is 5.88. The molecule has 1 unspecified atom stereocenters. The summed E-state index contributed by atoms with van der Waals surface area (Å²) in [5.41, 5.74) is 0.902. The molecule has 3 heteroatoms. The van der Waals surface area contributed by atoms with Gasteiger partial charge in [-0.15, -0.1) is 0 Å². The highest BCUT2D eigenvalue weighted by molar-refractivity contribution is 5.81. The highest BCUT2D eigenvalue weighted by atomic mass is 16.4. The molecule has 20 heavy (non-hydrogen) atoms. The SMILES string of the molecule is CNC(C)(C(=O)O)C(c1ccccc1)c1ccccc1. The third-order valence-corrected chi connectivity index (χ3v) is 3.81. The molecule has 0 fully saturated rings. The lowest BCUT2D eigenvalue weighted by atomic mass is 9.76. The van der Waals surface area contributed by atoms with Gasteiger partial charge in [0.25, 0.3) is 0 Å². The van der Waals surface area contributed by atoms with E-state index >= 15 is 0 Å². The first-order chi connectivity index (χ1) is 9.59. The third-order valence-electron chi connectivity index (χ3n) is 3.81. The molecule has 2 rings (SSSR count). The summed E-state index contributed by atoms with van der Waals surface area (Å²) in [7, 11) is 1.69. The summed E-state index contributed by atoms with van der Waals surface area (Å²) in [5, 5.41) is 12.6. The van der Waals surface area contributed by atoms with Gasteiger partial charge in [-0.05, 0) is 25.1 Å². The van der Waals surface area contributed by atoms with E-state index in [9.17, 15) is 9.90 Å². The van der Waals surface area contributed by atoms with Crippen molar-refractivity contribution < 1.29 is 9.90 Å². The normalized spacial score (nSPS) is 13.9. The lowest BCUT2D eigenvalue weighted by molar-refractivity contribution is -0.144. The van der Waals surface area contributed by atoms with E-state index in [2.05, 4.69) is 5.32 Å². The van der Waals surface area contributed by atoms with Gasteiger partial charge < -0.3 is 10.4 Å². The fraction of sp³-hybridized carbons (Fsp3) is 0.235. The van der Waals surface area contributed by atoms with E-state index in [4.69, 9.17) is 0 Å². The molecule has 0 aliphatic heterocycles. The molecule has 0 spiro atoms. The van der Waals surface area contributed by atoms with Crippen molar-refractivity contribution in [1.29, 1.82) is 0 Å². The number of carboxylic acid groups (broad SMARTS) is 1. The van der Waals surface area contributed by atoms with Gasteiger partial charge in [-0.25, -0.2) is 0 Å². The number of benzene rings is 2. The van der Waals surface area contributed by atoms with Gasteiger partial charge in [0.2, 0.25) is 0 Å². The van der Waals surface area contributed by atoms with Crippen molar-refractivity contribution in [2.24, 2.45) is 0 Å². The number of nitrogens with one attached hydrogen (secondary N) is 1. The van der Waals surface area contributed by atoms with Crippen molar-refractivity contribution in [1.82, 2.24) is 5.32 Å². The maximum atomic E-state index is 11.8. The molecule has 0 radical (unpaired) electrons. The zero-order chi connectivity index (χ0) is 14.6. The molecule has 2 aromatic carbocycles. The summed E-state index contributed by atoms with van der Waals surface area (Å²) in [5.74, 6) is -1.12. The standard InChI is InChI=1S/C17H19NO2/c1-17(18-2,16(19)20)15(13-9-5-3-6-10-13)14-11-7-4-8-12-14/h3-12,15,18H,1-2H3,(H,19,20). The van der Waals surface area contributed by atoms with Crippen LogP contribution < -0.4 is 5.32 Å². The van der Waals surface area contributed by atoms with Crippen LogP contribution in [0, 0.1) is 0 Å². The molecule has 0 aromatic heterocycles. The number of hydrogen-bond donors (Lipinski definition) is 2. The molecule has 0 saturated carbocycles. The highest BCUT2D eigenvalue weighted by Gasteiger charge is 2.41. The number of carboxylic acids is 1. The average Bonchev–Trinajstić information content (AvgIpc) is 2.49. The van der Waals surface area contributed by atoms with Gasteiger partial charge in [0.15, 0.2) is 0 Å². The fourth-order valence-electron chi connectivity index (χ4n) is 2.52. The first-order valence-electron chi connectivity index (χ1n) is 6.62. The topological polar surface area (TPSA) is 49.3 Å². The lowest BCUT2D eigenvalue weighted by Gasteiger charge is -2.34. The molecular formula is C17H19NO2. The second-order valence-corrected chi connectivity index (χ2v) is 5.01. The van der Waals surface area contributed by atoms with Crippen molar-refractivity contribution >= 4 is 5.97 Å². The Hall–Kier alpha value is -2.13. The van der Waals surface area contributed by atoms with E-state index in [0.29, 0.717) is 0 Å². The van der Waals surface area contributed by atoms with Crippen LogP contribution in [0.1, 0.15) is 24.0 Å². The van der Waals surface area contributed by atoms with E-state index in [1.54, 1.807) is 14.0 Å². The number of aliphatic carboxylic acids is 1. The quantitative estimate of drug-likeness (QED) is 0.877. The third kappa shape index (κ3) is 2.58. The van der Waals surface area contributed by atoms with Crippen LogP contribution in [0.5, 0.6) is 0 Å². The van der Waals surface area contributed by atoms with Crippen LogP contribution in [0.15, 0.2) is 60.7 Å². The molecule has 0 bridgehead atoms. The highest BCUT2D eigenvalue weighted by Crippen LogP contribution is 2.34. The minimum Gasteiger partial charge on any atom is -0.480 e. The Morgan fingerprint density at radius 3 is 1.70 bits per heavy atom. The summed E-state index contributed by atoms with van der Waals surface area (Å²) in [4.78, 5) is 11.8. The molecule has 0 aliphatic carbocycles. The Bertz CT molecular complexity index is 529. The van der Waals surface area contributed by atoms with Crippen LogP contribution in [0.25, 0.3) is 0 Å². The predicted molar refractivity (Wildman–Crippen MR) is 79.8 cm³/mol. The van der Waals surface area contributed by atoms with Crippen molar-refractivity contribution in [3.63, 3.8) is 0 Å². The molecule has 0 heterocycles.